The van der Waals surface area contributed by atoms with E-state index in [0.29, 0.717) is 6.42 Å². The van der Waals surface area contributed by atoms with Crippen LogP contribution in [-0.2, 0) is 4.79 Å². The lowest BCUT2D eigenvalue weighted by Gasteiger charge is -2.01. The van der Waals surface area contributed by atoms with Gasteiger partial charge in [-0.05, 0) is 19.4 Å². The highest BCUT2D eigenvalue weighted by Gasteiger charge is 2.26. The molecule has 1 aliphatic heterocycles. The molecule has 2 atom stereocenters. The summed E-state index contributed by atoms with van der Waals surface area (Å²) >= 11 is 0. The van der Waals surface area contributed by atoms with Crippen molar-refractivity contribution in [1.82, 2.24) is 15.8 Å². The topological polar surface area (TPSA) is 102 Å². The number of hydrogen-bond acceptors (Lipinski definition) is 5. The molecule has 7 nitrogen and oxygen atoms in total. The van der Waals surface area contributed by atoms with Gasteiger partial charge in [-0.15, -0.1) is 10.2 Å². The van der Waals surface area contributed by atoms with Gasteiger partial charge >= 0.3 is 0 Å². The van der Waals surface area contributed by atoms with Gasteiger partial charge in [0, 0.05) is 11.4 Å². The monoisotopic (exact) mass is 273 g/mol. The molecule has 1 fully saturated rings. The Morgan fingerprint density at radius 1 is 1.35 bits per heavy atom. The van der Waals surface area contributed by atoms with E-state index in [4.69, 9.17) is 0 Å². The average Bonchev–Trinajstić information content (AvgIpc) is 2.99. The van der Waals surface area contributed by atoms with Gasteiger partial charge in [-0.3, -0.25) is 10.2 Å². The zero-order valence-electron chi connectivity index (χ0n) is 10.9. The highest BCUT2D eigenvalue weighted by Crippen LogP contribution is 2.35. The summed E-state index contributed by atoms with van der Waals surface area (Å²) in [5.74, 6) is -0.444. The molecule has 3 rings (SSSR count). The molecule has 1 saturated heterocycles. The predicted molar refractivity (Wildman–Crippen MR) is 73.6 cm³/mol. The standard InChI is InChI=1S/C13H15N5O2/c1-7-6-10(16-15-7)12(19)18-17-11-8-4-2-3-5-9(8)14-13(11)20/h2-5,7,10,14-16,20H,6H2,1H3. The number of benzene rings is 1. The van der Waals surface area contributed by atoms with Crippen molar-refractivity contribution in [1.29, 1.82) is 0 Å². The number of fused-ring (bicyclic) bond motifs is 1. The van der Waals surface area contributed by atoms with Crippen LogP contribution in [0.4, 0.5) is 5.69 Å². The van der Waals surface area contributed by atoms with Crippen molar-refractivity contribution < 1.29 is 9.90 Å². The molecule has 4 N–H and O–H groups in total. The third kappa shape index (κ3) is 2.28. The minimum Gasteiger partial charge on any atom is -0.493 e. The molecule has 1 amide bonds. The van der Waals surface area contributed by atoms with Crippen molar-refractivity contribution in [3.05, 3.63) is 24.3 Å². The van der Waals surface area contributed by atoms with Crippen LogP contribution in [0.3, 0.4) is 0 Å². The molecule has 1 aromatic heterocycles. The van der Waals surface area contributed by atoms with Gasteiger partial charge in [0.1, 0.15) is 6.04 Å². The van der Waals surface area contributed by atoms with Crippen LogP contribution in [0.15, 0.2) is 34.5 Å². The maximum absolute atomic E-state index is 11.9. The normalized spacial score (nSPS) is 22.9. The van der Waals surface area contributed by atoms with E-state index in [9.17, 15) is 9.90 Å². The molecule has 104 valence electrons. The lowest BCUT2D eigenvalue weighted by Crippen LogP contribution is -2.36. The second-order valence-electron chi connectivity index (χ2n) is 4.88. The fraction of sp³-hybridized carbons (Fsp3) is 0.308. The van der Waals surface area contributed by atoms with Crippen LogP contribution in [0.5, 0.6) is 5.88 Å². The van der Waals surface area contributed by atoms with Crippen molar-refractivity contribution in [3.8, 4) is 5.88 Å². The summed E-state index contributed by atoms with van der Waals surface area (Å²) in [7, 11) is 0. The van der Waals surface area contributed by atoms with Crippen molar-refractivity contribution >= 4 is 22.5 Å². The van der Waals surface area contributed by atoms with Crippen LogP contribution >= 0.6 is 0 Å². The molecule has 1 aliphatic rings. The van der Waals surface area contributed by atoms with Crippen molar-refractivity contribution in [2.24, 2.45) is 10.2 Å². The molecular formula is C13H15N5O2. The number of aromatic nitrogens is 1. The van der Waals surface area contributed by atoms with Gasteiger partial charge in [0.2, 0.25) is 5.88 Å². The molecule has 1 aromatic carbocycles. The quantitative estimate of drug-likeness (QED) is 0.626. The molecule has 0 spiro atoms. The highest BCUT2D eigenvalue weighted by molar-refractivity contribution is 5.94. The number of nitrogens with one attached hydrogen (secondary N) is 3. The maximum Gasteiger partial charge on any atom is 0.282 e. The third-order valence-corrected chi connectivity index (χ3v) is 3.30. The van der Waals surface area contributed by atoms with E-state index >= 15 is 0 Å². The molecular weight excluding hydrogens is 258 g/mol. The van der Waals surface area contributed by atoms with Gasteiger partial charge in [0.25, 0.3) is 5.91 Å². The Labute approximate surface area is 115 Å². The van der Waals surface area contributed by atoms with E-state index in [2.05, 4.69) is 26.1 Å². The minimum atomic E-state index is -0.374. The zero-order chi connectivity index (χ0) is 14.1. The Morgan fingerprint density at radius 3 is 2.90 bits per heavy atom. The molecule has 7 heteroatoms. The van der Waals surface area contributed by atoms with Crippen LogP contribution in [0.1, 0.15) is 13.3 Å². The first kappa shape index (κ1) is 12.8. The molecule has 2 aromatic rings. The van der Waals surface area contributed by atoms with E-state index in [-0.39, 0.29) is 29.6 Å². The highest BCUT2D eigenvalue weighted by atomic mass is 16.3. The third-order valence-electron chi connectivity index (χ3n) is 3.30. The number of carbonyl (C=O) groups is 1. The van der Waals surface area contributed by atoms with Gasteiger partial charge in [-0.1, -0.05) is 18.2 Å². The molecule has 0 saturated carbocycles. The van der Waals surface area contributed by atoms with Gasteiger partial charge < -0.3 is 10.1 Å². The largest absolute Gasteiger partial charge is 0.493 e. The SMILES string of the molecule is CC1CC(C(=O)N=Nc2c(O)[nH]c3ccccc23)NN1. The summed E-state index contributed by atoms with van der Waals surface area (Å²) in [5, 5.41) is 18.1. The lowest BCUT2D eigenvalue weighted by molar-refractivity contribution is -0.120. The Kier molecular flexibility index (Phi) is 3.21. The first-order valence-electron chi connectivity index (χ1n) is 6.41. The fourth-order valence-electron chi connectivity index (χ4n) is 2.26. The number of hydrogen-bond donors (Lipinski definition) is 4. The predicted octanol–water partition coefficient (Wildman–Crippen LogP) is 1.74. The van der Waals surface area contributed by atoms with Gasteiger partial charge in [-0.25, -0.2) is 5.43 Å². The number of rotatable bonds is 2. The summed E-state index contributed by atoms with van der Waals surface area (Å²) in [4.78, 5) is 14.7. The maximum atomic E-state index is 11.9. The summed E-state index contributed by atoms with van der Waals surface area (Å²) < 4.78 is 0. The Balaban J connectivity index is 1.84. The van der Waals surface area contributed by atoms with Gasteiger partial charge in [-0.2, -0.15) is 0 Å². The summed E-state index contributed by atoms with van der Waals surface area (Å²) in [6.45, 7) is 1.98. The van der Waals surface area contributed by atoms with Crippen LogP contribution in [-0.4, -0.2) is 28.1 Å². The molecule has 2 unspecified atom stereocenters. The van der Waals surface area contributed by atoms with Crippen molar-refractivity contribution in [2.45, 2.75) is 25.4 Å². The summed E-state index contributed by atoms with van der Waals surface area (Å²) in [6.07, 6.45) is 0.664. The van der Waals surface area contributed by atoms with E-state index < -0.39 is 0 Å². The van der Waals surface area contributed by atoms with E-state index in [1.807, 2.05) is 31.2 Å². The van der Waals surface area contributed by atoms with Crippen molar-refractivity contribution in [3.63, 3.8) is 0 Å². The van der Waals surface area contributed by atoms with E-state index in [1.54, 1.807) is 0 Å². The molecule has 0 aliphatic carbocycles. The fourth-order valence-corrected chi connectivity index (χ4v) is 2.26. The van der Waals surface area contributed by atoms with Crippen LogP contribution in [0, 0.1) is 0 Å². The molecule has 0 bridgehead atoms. The van der Waals surface area contributed by atoms with Crippen LogP contribution in [0.25, 0.3) is 10.9 Å². The smallest absolute Gasteiger partial charge is 0.282 e. The van der Waals surface area contributed by atoms with Crippen molar-refractivity contribution in [2.75, 3.05) is 0 Å². The van der Waals surface area contributed by atoms with Crippen LogP contribution < -0.4 is 10.9 Å². The first-order chi connectivity index (χ1) is 9.65. The summed E-state index contributed by atoms with van der Waals surface area (Å²) in [5.41, 5.74) is 6.86. The Bertz CT molecular complexity index is 678. The van der Waals surface area contributed by atoms with E-state index in [0.717, 1.165) is 10.9 Å². The Morgan fingerprint density at radius 2 is 2.15 bits per heavy atom. The number of carbonyl (C=O) groups excluding carboxylic acids is 1. The number of aromatic amines is 1. The Hall–Kier alpha value is -2.25. The zero-order valence-corrected chi connectivity index (χ0v) is 10.9. The number of hydrazine groups is 1. The minimum absolute atomic E-state index is 0.0892. The molecule has 20 heavy (non-hydrogen) atoms. The van der Waals surface area contributed by atoms with Gasteiger partial charge in [0.05, 0.1) is 5.52 Å². The second-order valence-corrected chi connectivity index (χ2v) is 4.88. The molecule has 2 heterocycles. The number of aromatic hydroxyl groups is 1. The number of H-pyrrole nitrogens is 1. The summed E-state index contributed by atoms with van der Waals surface area (Å²) in [6, 6.07) is 7.16. The lowest BCUT2D eigenvalue weighted by atomic mass is 10.1. The van der Waals surface area contributed by atoms with Gasteiger partial charge in [0.15, 0.2) is 5.69 Å². The average molecular weight is 273 g/mol. The van der Waals surface area contributed by atoms with E-state index in [1.165, 1.54) is 0 Å². The number of para-hydroxylation sites is 1. The first-order valence-corrected chi connectivity index (χ1v) is 6.41. The number of azo groups is 1. The molecule has 0 radical (unpaired) electrons. The second kappa shape index (κ2) is 5.03. The number of nitrogens with zero attached hydrogens (tertiary/aromatic N) is 2. The van der Waals surface area contributed by atoms with Crippen LogP contribution in [0.2, 0.25) is 0 Å². The number of amides is 1.